The van der Waals surface area contributed by atoms with E-state index in [0.717, 1.165) is 16.3 Å². The normalized spacial score (nSPS) is 13.0. The number of nitrogens with one attached hydrogen (secondary N) is 2. The molecule has 2 unspecified atom stereocenters. The molecule has 0 bridgehead atoms. The molecule has 0 fully saturated rings. The molecular weight excluding hydrogens is 420 g/mol. The molecular formula is C22H23ClN4O2S. The van der Waals surface area contributed by atoms with Crippen LogP contribution in [0.25, 0.3) is 11.3 Å². The SMILES string of the molecule is CC(NC(=O)C(NC(=O)c1ccccc1Cl)C(C)C)c1nc(-c2ccncc2)cs1. The fourth-order valence-corrected chi connectivity index (χ4v) is 3.96. The maximum atomic E-state index is 12.9. The molecule has 2 atom stereocenters. The highest BCUT2D eigenvalue weighted by molar-refractivity contribution is 7.10. The van der Waals surface area contributed by atoms with Crippen LogP contribution in [0, 0.1) is 5.92 Å². The number of nitrogens with zero attached hydrogens (tertiary/aromatic N) is 2. The predicted molar refractivity (Wildman–Crippen MR) is 119 cm³/mol. The van der Waals surface area contributed by atoms with E-state index in [2.05, 4.69) is 20.6 Å². The van der Waals surface area contributed by atoms with Gasteiger partial charge < -0.3 is 10.6 Å². The molecule has 0 radical (unpaired) electrons. The highest BCUT2D eigenvalue weighted by Gasteiger charge is 2.27. The number of amides is 2. The number of rotatable bonds is 7. The molecule has 0 aliphatic heterocycles. The van der Waals surface area contributed by atoms with E-state index in [1.807, 2.05) is 38.3 Å². The number of halogens is 1. The second kappa shape index (κ2) is 9.82. The lowest BCUT2D eigenvalue weighted by molar-refractivity contribution is -0.124. The summed E-state index contributed by atoms with van der Waals surface area (Å²) in [7, 11) is 0. The first-order chi connectivity index (χ1) is 14.4. The summed E-state index contributed by atoms with van der Waals surface area (Å²) in [5.74, 6) is -0.748. The molecule has 0 aliphatic carbocycles. The van der Waals surface area contributed by atoms with Gasteiger partial charge in [-0.15, -0.1) is 11.3 Å². The van der Waals surface area contributed by atoms with E-state index in [1.165, 1.54) is 11.3 Å². The topological polar surface area (TPSA) is 84.0 Å². The summed E-state index contributed by atoms with van der Waals surface area (Å²) in [5.41, 5.74) is 2.15. The van der Waals surface area contributed by atoms with Crippen LogP contribution >= 0.6 is 22.9 Å². The Balaban J connectivity index is 1.68. The lowest BCUT2D eigenvalue weighted by Crippen LogP contribution is -2.50. The molecule has 2 heterocycles. The Morgan fingerprint density at radius 2 is 1.73 bits per heavy atom. The van der Waals surface area contributed by atoms with Crippen LogP contribution in [-0.4, -0.2) is 27.8 Å². The number of benzene rings is 1. The van der Waals surface area contributed by atoms with Crippen LogP contribution in [0.4, 0.5) is 0 Å². The molecule has 6 nitrogen and oxygen atoms in total. The van der Waals surface area contributed by atoms with E-state index in [1.54, 1.807) is 36.7 Å². The second-order valence-electron chi connectivity index (χ2n) is 7.21. The van der Waals surface area contributed by atoms with Gasteiger partial charge in [0.2, 0.25) is 5.91 Å². The van der Waals surface area contributed by atoms with Crippen LogP contribution in [0.15, 0.2) is 54.2 Å². The second-order valence-corrected chi connectivity index (χ2v) is 8.51. The smallest absolute Gasteiger partial charge is 0.253 e. The third-order valence-corrected chi connectivity index (χ3v) is 5.94. The van der Waals surface area contributed by atoms with Gasteiger partial charge in [-0.05, 0) is 37.1 Å². The first-order valence-corrected chi connectivity index (χ1v) is 10.8. The molecule has 8 heteroatoms. The maximum absolute atomic E-state index is 12.9. The Morgan fingerprint density at radius 3 is 2.40 bits per heavy atom. The molecule has 2 amide bonds. The van der Waals surface area contributed by atoms with Crippen LogP contribution in [0.2, 0.25) is 5.02 Å². The van der Waals surface area contributed by atoms with Crippen molar-refractivity contribution in [1.29, 1.82) is 0 Å². The van der Waals surface area contributed by atoms with Gasteiger partial charge in [0.05, 0.1) is 22.3 Å². The number of aromatic nitrogens is 2. The molecule has 2 aromatic heterocycles. The van der Waals surface area contributed by atoms with E-state index < -0.39 is 6.04 Å². The average Bonchev–Trinajstić information content (AvgIpc) is 3.23. The number of hydrogen-bond acceptors (Lipinski definition) is 5. The van der Waals surface area contributed by atoms with E-state index in [-0.39, 0.29) is 23.8 Å². The molecule has 0 aliphatic rings. The Bertz CT molecular complexity index is 1020. The minimum atomic E-state index is -0.698. The number of pyridine rings is 1. The number of hydrogen-bond donors (Lipinski definition) is 2. The minimum Gasteiger partial charge on any atom is -0.345 e. The van der Waals surface area contributed by atoms with Gasteiger partial charge >= 0.3 is 0 Å². The predicted octanol–water partition coefficient (Wildman–Crippen LogP) is 4.49. The van der Waals surface area contributed by atoms with Crippen molar-refractivity contribution >= 4 is 34.8 Å². The summed E-state index contributed by atoms with van der Waals surface area (Å²) in [4.78, 5) is 34.2. The third-order valence-electron chi connectivity index (χ3n) is 4.58. The zero-order valence-electron chi connectivity index (χ0n) is 16.9. The van der Waals surface area contributed by atoms with Gasteiger partial charge in [0.25, 0.3) is 5.91 Å². The van der Waals surface area contributed by atoms with Gasteiger partial charge in [-0.3, -0.25) is 14.6 Å². The Hall–Kier alpha value is -2.77. The summed E-state index contributed by atoms with van der Waals surface area (Å²) in [6, 6.07) is 9.55. The van der Waals surface area contributed by atoms with E-state index in [9.17, 15) is 9.59 Å². The van der Waals surface area contributed by atoms with Crippen molar-refractivity contribution in [1.82, 2.24) is 20.6 Å². The average molecular weight is 443 g/mol. The lowest BCUT2D eigenvalue weighted by Gasteiger charge is -2.23. The molecule has 156 valence electrons. The first-order valence-electron chi connectivity index (χ1n) is 9.58. The molecule has 0 saturated heterocycles. The molecule has 0 spiro atoms. The standard InChI is InChI=1S/C22H23ClN4O2S/c1-13(2)19(27-20(28)16-6-4-5-7-17(16)23)21(29)25-14(3)22-26-18(12-30-22)15-8-10-24-11-9-15/h4-14,19H,1-3H3,(H,25,29)(H,27,28). The van der Waals surface area contributed by atoms with E-state index >= 15 is 0 Å². The monoisotopic (exact) mass is 442 g/mol. The van der Waals surface area contributed by atoms with Gasteiger partial charge in [-0.25, -0.2) is 4.98 Å². The van der Waals surface area contributed by atoms with Crippen LogP contribution in [0.3, 0.4) is 0 Å². The first kappa shape index (κ1) is 21.9. The largest absolute Gasteiger partial charge is 0.345 e. The van der Waals surface area contributed by atoms with Gasteiger partial charge in [0.1, 0.15) is 11.0 Å². The van der Waals surface area contributed by atoms with Crippen molar-refractivity contribution in [3.05, 3.63) is 69.8 Å². The molecule has 2 N–H and O–H groups in total. The van der Waals surface area contributed by atoms with Crippen molar-refractivity contribution in [2.45, 2.75) is 32.9 Å². The zero-order valence-corrected chi connectivity index (χ0v) is 18.5. The Kier molecular flexibility index (Phi) is 7.18. The lowest BCUT2D eigenvalue weighted by atomic mass is 10.0. The Morgan fingerprint density at radius 1 is 1.03 bits per heavy atom. The third kappa shape index (κ3) is 5.23. The summed E-state index contributed by atoms with van der Waals surface area (Å²) in [6.45, 7) is 5.64. The summed E-state index contributed by atoms with van der Waals surface area (Å²) in [5, 5.41) is 8.85. The number of carbonyl (C=O) groups excluding carboxylic acids is 2. The maximum Gasteiger partial charge on any atom is 0.253 e. The van der Waals surface area contributed by atoms with Crippen molar-refractivity contribution in [3.8, 4) is 11.3 Å². The number of thiazole rings is 1. The van der Waals surface area contributed by atoms with Crippen LogP contribution in [0.1, 0.15) is 42.2 Å². The van der Waals surface area contributed by atoms with Gasteiger partial charge in [0, 0.05) is 23.3 Å². The van der Waals surface area contributed by atoms with Gasteiger partial charge in [0.15, 0.2) is 0 Å². The van der Waals surface area contributed by atoms with Crippen molar-refractivity contribution in [2.24, 2.45) is 5.92 Å². The van der Waals surface area contributed by atoms with Crippen LogP contribution < -0.4 is 10.6 Å². The quantitative estimate of drug-likeness (QED) is 0.564. The molecule has 0 saturated carbocycles. The molecule has 3 rings (SSSR count). The van der Waals surface area contributed by atoms with Crippen molar-refractivity contribution < 1.29 is 9.59 Å². The van der Waals surface area contributed by atoms with Gasteiger partial charge in [-0.1, -0.05) is 37.6 Å². The summed E-state index contributed by atoms with van der Waals surface area (Å²) >= 11 is 7.58. The highest BCUT2D eigenvalue weighted by Crippen LogP contribution is 2.25. The fourth-order valence-electron chi connectivity index (χ4n) is 2.91. The van der Waals surface area contributed by atoms with E-state index in [0.29, 0.717) is 10.6 Å². The van der Waals surface area contributed by atoms with Crippen LogP contribution in [0.5, 0.6) is 0 Å². The summed E-state index contributed by atoms with van der Waals surface area (Å²) in [6.07, 6.45) is 3.43. The highest BCUT2D eigenvalue weighted by atomic mass is 35.5. The fraction of sp³-hybridized carbons (Fsp3) is 0.273. The Labute approximate surface area is 184 Å². The van der Waals surface area contributed by atoms with Gasteiger partial charge in [-0.2, -0.15) is 0 Å². The van der Waals surface area contributed by atoms with Crippen molar-refractivity contribution in [3.63, 3.8) is 0 Å². The molecule has 1 aromatic carbocycles. The number of carbonyl (C=O) groups is 2. The molecule has 3 aromatic rings. The van der Waals surface area contributed by atoms with Crippen molar-refractivity contribution in [2.75, 3.05) is 0 Å². The minimum absolute atomic E-state index is 0.104. The zero-order chi connectivity index (χ0) is 21.7. The summed E-state index contributed by atoms with van der Waals surface area (Å²) < 4.78 is 0. The van der Waals surface area contributed by atoms with E-state index in [4.69, 9.17) is 11.6 Å². The molecule has 30 heavy (non-hydrogen) atoms. The van der Waals surface area contributed by atoms with Crippen LogP contribution in [-0.2, 0) is 4.79 Å².